The molecule has 1 aliphatic rings. The summed E-state index contributed by atoms with van der Waals surface area (Å²) in [5.41, 5.74) is 1.07. The number of benzene rings is 2. The third-order valence-corrected chi connectivity index (χ3v) is 4.08. The van der Waals surface area contributed by atoms with Gasteiger partial charge in [-0.2, -0.15) is 0 Å². The molecule has 1 aliphatic heterocycles. The highest BCUT2D eigenvalue weighted by atomic mass is 16.6. The zero-order chi connectivity index (χ0) is 18.7. The first-order valence-electron chi connectivity index (χ1n) is 8.64. The van der Waals surface area contributed by atoms with Gasteiger partial charge in [-0.3, -0.25) is 9.69 Å². The van der Waals surface area contributed by atoms with Crippen molar-refractivity contribution in [2.24, 2.45) is 0 Å². The SMILES string of the molecule is CC(C)(C)OC(=O)N1CC(=O)O[C@H](c2ccccc2)[C@@H]1c1ccccc1. The lowest BCUT2D eigenvalue weighted by Gasteiger charge is -2.41. The van der Waals surface area contributed by atoms with Crippen LogP contribution in [-0.4, -0.2) is 29.1 Å². The van der Waals surface area contributed by atoms with Gasteiger partial charge in [0, 0.05) is 0 Å². The van der Waals surface area contributed by atoms with Crippen molar-refractivity contribution in [2.45, 2.75) is 38.5 Å². The number of cyclic esters (lactones) is 1. The zero-order valence-corrected chi connectivity index (χ0v) is 15.2. The molecular weight excluding hydrogens is 330 g/mol. The standard InChI is InChI=1S/C21H23NO4/c1-21(2,3)26-20(24)22-14-17(23)25-19(16-12-8-5-9-13-16)18(22)15-10-6-4-7-11-15/h4-13,18-19H,14H2,1-3H3/t18-,19+/m0/s1. The van der Waals surface area contributed by atoms with E-state index in [-0.39, 0.29) is 6.54 Å². The van der Waals surface area contributed by atoms with E-state index >= 15 is 0 Å². The fourth-order valence-corrected chi connectivity index (χ4v) is 3.04. The molecule has 0 bridgehead atoms. The third kappa shape index (κ3) is 4.04. The molecule has 0 N–H and O–H groups in total. The molecule has 1 amide bonds. The molecule has 0 spiro atoms. The van der Waals surface area contributed by atoms with Crippen LogP contribution in [0.15, 0.2) is 60.7 Å². The van der Waals surface area contributed by atoms with Crippen LogP contribution >= 0.6 is 0 Å². The summed E-state index contributed by atoms with van der Waals surface area (Å²) >= 11 is 0. The molecule has 136 valence electrons. The first-order chi connectivity index (χ1) is 12.3. The van der Waals surface area contributed by atoms with Crippen molar-refractivity contribution in [3.63, 3.8) is 0 Å². The van der Waals surface area contributed by atoms with E-state index < -0.39 is 29.8 Å². The summed E-state index contributed by atoms with van der Waals surface area (Å²) in [7, 11) is 0. The molecule has 5 nitrogen and oxygen atoms in total. The largest absolute Gasteiger partial charge is 0.454 e. The Morgan fingerprint density at radius 2 is 1.54 bits per heavy atom. The number of amides is 1. The number of hydrogen-bond donors (Lipinski definition) is 0. The summed E-state index contributed by atoms with van der Waals surface area (Å²) in [6, 6.07) is 18.6. The summed E-state index contributed by atoms with van der Waals surface area (Å²) < 4.78 is 11.2. The molecule has 0 aromatic heterocycles. The number of carbonyl (C=O) groups excluding carboxylic acids is 2. The number of rotatable bonds is 2. The van der Waals surface area contributed by atoms with Gasteiger partial charge in [-0.05, 0) is 31.9 Å². The Labute approximate surface area is 153 Å². The van der Waals surface area contributed by atoms with Gasteiger partial charge in [-0.1, -0.05) is 60.7 Å². The van der Waals surface area contributed by atoms with Gasteiger partial charge in [0.15, 0.2) is 6.10 Å². The molecular formula is C21H23NO4. The molecule has 0 unspecified atom stereocenters. The van der Waals surface area contributed by atoms with Crippen molar-refractivity contribution in [1.82, 2.24) is 4.90 Å². The van der Waals surface area contributed by atoms with Gasteiger partial charge in [0.05, 0.1) is 0 Å². The maximum absolute atomic E-state index is 12.8. The molecule has 26 heavy (non-hydrogen) atoms. The molecule has 1 saturated heterocycles. The van der Waals surface area contributed by atoms with Crippen molar-refractivity contribution in [1.29, 1.82) is 0 Å². The Balaban J connectivity index is 2.03. The summed E-state index contributed by atoms with van der Waals surface area (Å²) in [4.78, 5) is 26.5. The second-order valence-electron chi connectivity index (χ2n) is 7.28. The summed E-state index contributed by atoms with van der Waals surface area (Å²) in [5.74, 6) is -0.447. The number of hydrogen-bond acceptors (Lipinski definition) is 4. The Hall–Kier alpha value is -2.82. The number of esters is 1. The highest BCUT2D eigenvalue weighted by molar-refractivity contribution is 5.80. The van der Waals surface area contributed by atoms with Crippen LogP contribution in [0.3, 0.4) is 0 Å². The molecule has 3 rings (SSSR count). The maximum atomic E-state index is 12.8. The Kier molecular flexibility index (Phi) is 4.98. The molecule has 2 atom stereocenters. The first-order valence-corrected chi connectivity index (χ1v) is 8.64. The maximum Gasteiger partial charge on any atom is 0.411 e. The second-order valence-corrected chi connectivity index (χ2v) is 7.28. The van der Waals surface area contributed by atoms with Crippen molar-refractivity contribution in [2.75, 3.05) is 6.54 Å². The molecule has 1 fully saturated rings. The first kappa shape index (κ1) is 18.0. The van der Waals surface area contributed by atoms with Gasteiger partial charge >= 0.3 is 12.1 Å². The summed E-state index contributed by atoms with van der Waals surface area (Å²) in [6.07, 6.45) is -1.11. The fraction of sp³-hybridized carbons (Fsp3) is 0.333. The van der Waals surface area contributed by atoms with Gasteiger partial charge in [0.25, 0.3) is 0 Å². The number of nitrogens with zero attached hydrogens (tertiary/aromatic N) is 1. The van der Waals surface area contributed by atoms with Crippen molar-refractivity contribution in [3.8, 4) is 0 Å². The van der Waals surface area contributed by atoms with E-state index in [1.807, 2.05) is 60.7 Å². The lowest BCUT2D eigenvalue weighted by atomic mass is 9.93. The van der Waals surface area contributed by atoms with Crippen LogP contribution in [-0.2, 0) is 14.3 Å². The highest BCUT2D eigenvalue weighted by Gasteiger charge is 2.42. The average molecular weight is 353 g/mol. The van der Waals surface area contributed by atoms with Gasteiger partial charge in [-0.25, -0.2) is 4.79 Å². The monoisotopic (exact) mass is 353 g/mol. The van der Waals surface area contributed by atoms with Gasteiger partial charge < -0.3 is 9.47 Å². The lowest BCUT2D eigenvalue weighted by molar-refractivity contribution is -0.165. The van der Waals surface area contributed by atoms with Crippen LogP contribution in [0.25, 0.3) is 0 Å². The molecule has 0 aliphatic carbocycles. The van der Waals surface area contributed by atoms with E-state index in [1.54, 1.807) is 20.8 Å². The highest BCUT2D eigenvalue weighted by Crippen LogP contribution is 2.40. The Bertz CT molecular complexity index is 768. The molecule has 5 heteroatoms. The number of morpholine rings is 1. The van der Waals surface area contributed by atoms with Crippen LogP contribution in [0, 0.1) is 0 Å². The topological polar surface area (TPSA) is 55.8 Å². The minimum atomic E-state index is -0.651. The van der Waals surface area contributed by atoms with Crippen LogP contribution in [0.1, 0.15) is 44.0 Å². The molecule has 2 aromatic rings. The lowest BCUT2D eigenvalue weighted by Crippen LogP contribution is -2.48. The third-order valence-electron chi connectivity index (χ3n) is 4.08. The van der Waals surface area contributed by atoms with Gasteiger partial charge in [0.2, 0.25) is 0 Å². The molecule has 0 radical (unpaired) electrons. The van der Waals surface area contributed by atoms with E-state index in [4.69, 9.17) is 9.47 Å². The summed E-state index contributed by atoms with van der Waals surface area (Å²) in [5, 5.41) is 0. The predicted molar refractivity (Wildman–Crippen MR) is 97.4 cm³/mol. The molecule has 1 heterocycles. The number of ether oxygens (including phenoxy) is 2. The zero-order valence-electron chi connectivity index (χ0n) is 15.2. The van der Waals surface area contributed by atoms with Gasteiger partial charge in [0.1, 0.15) is 18.2 Å². The van der Waals surface area contributed by atoms with Crippen molar-refractivity contribution in [3.05, 3.63) is 71.8 Å². The Morgan fingerprint density at radius 1 is 1.00 bits per heavy atom. The number of carbonyl (C=O) groups is 2. The van der Waals surface area contributed by atoms with Crippen LogP contribution in [0.4, 0.5) is 4.79 Å². The smallest absolute Gasteiger partial charge is 0.411 e. The average Bonchev–Trinajstić information content (AvgIpc) is 2.61. The van der Waals surface area contributed by atoms with Crippen LogP contribution in [0.2, 0.25) is 0 Å². The molecule has 2 aromatic carbocycles. The van der Waals surface area contributed by atoms with Crippen molar-refractivity contribution >= 4 is 12.1 Å². The normalized spacial score (nSPS) is 20.4. The van der Waals surface area contributed by atoms with E-state index in [9.17, 15) is 9.59 Å². The summed E-state index contributed by atoms with van der Waals surface area (Å²) in [6.45, 7) is 5.27. The van der Waals surface area contributed by atoms with E-state index in [0.29, 0.717) is 0 Å². The quantitative estimate of drug-likeness (QED) is 0.757. The fourth-order valence-electron chi connectivity index (χ4n) is 3.04. The van der Waals surface area contributed by atoms with Crippen molar-refractivity contribution < 1.29 is 19.1 Å². The predicted octanol–water partition coefficient (Wildman–Crippen LogP) is 4.26. The van der Waals surface area contributed by atoms with E-state index in [2.05, 4.69) is 0 Å². The van der Waals surface area contributed by atoms with Crippen LogP contribution < -0.4 is 0 Å². The van der Waals surface area contributed by atoms with Gasteiger partial charge in [-0.15, -0.1) is 0 Å². The minimum Gasteiger partial charge on any atom is -0.454 e. The van der Waals surface area contributed by atoms with Crippen LogP contribution in [0.5, 0.6) is 0 Å². The van der Waals surface area contributed by atoms with E-state index in [0.717, 1.165) is 11.1 Å². The Morgan fingerprint density at radius 3 is 2.08 bits per heavy atom. The molecule has 0 saturated carbocycles. The van der Waals surface area contributed by atoms with E-state index in [1.165, 1.54) is 4.90 Å². The minimum absolute atomic E-state index is 0.141. The second kappa shape index (κ2) is 7.20.